The Hall–Kier alpha value is -1.47. The first kappa shape index (κ1) is 15.1. The van der Waals surface area contributed by atoms with Gasteiger partial charge in [0.05, 0.1) is 11.2 Å². The van der Waals surface area contributed by atoms with E-state index < -0.39 is 10.0 Å². The van der Waals surface area contributed by atoms with Crippen molar-refractivity contribution >= 4 is 15.9 Å². The molecule has 3 aliphatic rings. The lowest BCUT2D eigenvalue weighted by Crippen LogP contribution is -2.52. The maximum Gasteiger partial charge on any atom is 0.228 e. The topological polar surface area (TPSA) is 79.4 Å². The summed E-state index contributed by atoms with van der Waals surface area (Å²) >= 11 is 0. The van der Waals surface area contributed by atoms with Crippen molar-refractivity contribution in [2.45, 2.75) is 48.8 Å². The molecule has 23 heavy (non-hydrogen) atoms. The molecule has 0 aromatic carbocycles. The number of pyridine rings is 1. The van der Waals surface area contributed by atoms with E-state index in [2.05, 4.69) is 10.3 Å². The maximum atomic E-state index is 12.4. The summed E-state index contributed by atoms with van der Waals surface area (Å²) in [7, 11) is -3.10. The van der Waals surface area contributed by atoms with Gasteiger partial charge in [-0.15, -0.1) is 0 Å². The van der Waals surface area contributed by atoms with E-state index in [4.69, 9.17) is 0 Å². The Morgan fingerprint density at radius 3 is 2.61 bits per heavy atom. The fourth-order valence-electron chi connectivity index (χ4n) is 3.81. The average Bonchev–Trinajstić information content (AvgIpc) is 3.35. The predicted molar refractivity (Wildman–Crippen MR) is 85.2 cm³/mol. The molecule has 124 valence electrons. The van der Waals surface area contributed by atoms with Gasteiger partial charge in [0, 0.05) is 31.0 Å². The van der Waals surface area contributed by atoms with E-state index in [1.54, 1.807) is 16.7 Å². The van der Waals surface area contributed by atoms with Gasteiger partial charge in [-0.05, 0) is 43.7 Å². The number of piperidine rings is 1. The summed E-state index contributed by atoms with van der Waals surface area (Å²) in [4.78, 5) is 16.5. The third kappa shape index (κ3) is 2.65. The second-order valence-electron chi connectivity index (χ2n) is 6.96. The lowest BCUT2D eigenvalue weighted by Gasteiger charge is -2.38. The minimum atomic E-state index is -3.10. The highest BCUT2D eigenvalue weighted by molar-refractivity contribution is 7.90. The van der Waals surface area contributed by atoms with E-state index in [1.807, 2.05) is 12.1 Å². The van der Waals surface area contributed by atoms with Crippen molar-refractivity contribution < 1.29 is 13.2 Å². The molecule has 0 radical (unpaired) electrons. The number of sulfonamides is 1. The van der Waals surface area contributed by atoms with Crippen molar-refractivity contribution in [2.24, 2.45) is 0 Å². The lowest BCUT2D eigenvalue weighted by atomic mass is 9.83. The second-order valence-corrected chi connectivity index (χ2v) is 9.17. The minimum Gasteiger partial charge on any atom is -0.350 e. The highest BCUT2D eigenvalue weighted by atomic mass is 32.2. The first-order valence-electron chi connectivity index (χ1n) is 8.21. The van der Waals surface area contributed by atoms with Gasteiger partial charge < -0.3 is 5.32 Å². The predicted octanol–water partition coefficient (Wildman–Crippen LogP) is 1.01. The fourth-order valence-corrected chi connectivity index (χ4v) is 5.65. The van der Waals surface area contributed by atoms with E-state index in [0.29, 0.717) is 25.9 Å². The van der Waals surface area contributed by atoms with Crippen LogP contribution in [0.2, 0.25) is 0 Å². The molecule has 3 heterocycles. The summed E-state index contributed by atoms with van der Waals surface area (Å²) in [6, 6.07) is 3.78. The molecule has 2 saturated heterocycles. The highest BCUT2D eigenvalue weighted by Gasteiger charge is 2.49. The van der Waals surface area contributed by atoms with Crippen LogP contribution in [0, 0.1) is 0 Å². The van der Waals surface area contributed by atoms with Gasteiger partial charge in [-0.1, -0.05) is 6.07 Å². The van der Waals surface area contributed by atoms with Gasteiger partial charge in [-0.2, -0.15) is 0 Å². The molecule has 3 fully saturated rings. The van der Waals surface area contributed by atoms with Crippen molar-refractivity contribution in [3.05, 3.63) is 30.1 Å². The van der Waals surface area contributed by atoms with Gasteiger partial charge in [0.15, 0.2) is 0 Å². The first-order valence-corrected chi connectivity index (χ1v) is 9.71. The second kappa shape index (κ2) is 5.27. The molecule has 7 heteroatoms. The molecule has 1 N–H and O–H groups in total. The van der Waals surface area contributed by atoms with Crippen LogP contribution in [0.5, 0.6) is 0 Å². The SMILES string of the molecule is O=C1NC2(CCN(S(=O)(=O)C3CC3)CC2)C[C@H]1c1cccnc1. The number of nitrogens with one attached hydrogen (secondary N) is 1. The van der Waals surface area contributed by atoms with Crippen molar-refractivity contribution in [2.75, 3.05) is 13.1 Å². The van der Waals surface area contributed by atoms with Gasteiger partial charge in [0.1, 0.15) is 0 Å². The van der Waals surface area contributed by atoms with Crippen LogP contribution in [0.4, 0.5) is 0 Å². The van der Waals surface area contributed by atoms with E-state index in [-0.39, 0.29) is 22.6 Å². The Kier molecular flexibility index (Phi) is 3.46. The van der Waals surface area contributed by atoms with Gasteiger partial charge in [-0.25, -0.2) is 12.7 Å². The number of carbonyl (C=O) groups excluding carboxylic acids is 1. The lowest BCUT2D eigenvalue weighted by molar-refractivity contribution is -0.121. The fraction of sp³-hybridized carbons (Fsp3) is 0.625. The van der Waals surface area contributed by atoms with Gasteiger partial charge in [-0.3, -0.25) is 9.78 Å². The van der Waals surface area contributed by atoms with Crippen molar-refractivity contribution in [3.63, 3.8) is 0 Å². The van der Waals surface area contributed by atoms with Gasteiger partial charge >= 0.3 is 0 Å². The minimum absolute atomic E-state index is 0.0384. The molecular weight excluding hydrogens is 314 g/mol. The van der Waals surface area contributed by atoms with Crippen molar-refractivity contribution in [1.29, 1.82) is 0 Å². The molecule has 1 spiro atoms. The van der Waals surface area contributed by atoms with E-state index >= 15 is 0 Å². The van der Waals surface area contributed by atoms with E-state index in [0.717, 1.165) is 24.8 Å². The third-order valence-corrected chi connectivity index (χ3v) is 7.77. The van der Waals surface area contributed by atoms with Gasteiger partial charge in [0.2, 0.25) is 15.9 Å². The number of carbonyl (C=O) groups is 1. The molecular formula is C16H21N3O3S. The molecule has 1 aromatic heterocycles. The Balaban J connectivity index is 1.46. The summed E-state index contributed by atoms with van der Waals surface area (Å²) in [5.74, 6) is -0.133. The highest BCUT2D eigenvalue weighted by Crippen LogP contribution is 2.41. The zero-order valence-corrected chi connectivity index (χ0v) is 13.8. The largest absolute Gasteiger partial charge is 0.350 e. The Bertz CT molecular complexity index is 707. The Morgan fingerprint density at radius 2 is 2.00 bits per heavy atom. The van der Waals surface area contributed by atoms with Crippen LogP contribution < -0.4 is 5.32 Å². The van der Waals surface area contributed by atoms with Gasteiger partial charge in [0.25, 0.3) is 0 Å². The molecule has 0 unspecified atom stereocenters. The normalized spacial score (nSPS) is 28.0. The summed E-state index contributed by atoms with van der Waals surface area (Å²) in [5.41, 5.74) is 0.683. The van der Waals surface area contributed by atoms with E-state index in [9.17, 15) is 13.2 Å². The third-order valence-electron chi connectivity index (χ3n) is 5.37. The first-order chi connectivity index (χ1) is 11.0. The molecule has 4 rings (SSSR count). The van der Waals surface area contributed by atoms with Crippen LogP contribution >= 0.6 is 0 Å². The van der Waals surface area contributed by atoms with Crippen LogP contribution in [0.1, 0.15) is 43.6 Å². The number of amides is 1. The van der Waals surface area contributed by atoms with Crippen LogP contribution in [-0.4, -0.2) is 47.5 Å². The zero-order valence-electron chi connectivity index (χ0n) is 12.9. The summed E-state index contributed by atoms with van der Waals surface area (Å²) in [5, 5.41) is 2.99. The Morgan fingerprint density at radius 1 is 1.26 bits per heavy atom. The molecule has 0 bridgehead atoms. The number of hydrogen-bond donors (Lipinski definition) is 1. The Labute approximate surface area is 136 Å². The molecule has 2 aliphatic heterocycles. The number of rotatable bonds is 3. The van der Waals surface area contributed by atoms with Crippen molar-refractivity contribution in [3.8, 4) is 0 Å². The molecule has 1 amide bonds. The zero-order chi connectivity index (χ0) is 16.1. The molecule has 1 saturated carbocycles. The van der Waals surface area contributed by atoms with Crippen LogP contribution in [-0.2, 0) is 14.8 Å². The number of hydrogen-bond acceptors (Lipinski definition) is 4. The van der Waals surface area contributed by atoms with Crippen LogP contribution in [0.25, 0.3) is 0 Å². The smallest absolute Gasteiger partial charge is 0.228 e. The standard InChI is InChI=1S/C16H21N3O3S/c20-15-14(12-2-1-7-17-11-12)10-16(18-15)5-8-19(9-6-16)23(21,22)13-3-4-13/h1-2,7,11,13-14H,3-6,8-10H2,(H,18,20)/t14-/m0/s1. The maximum absolute atomic E-state index is 12.4. The van der Waals surface area contributed by atoms with Crippen molar-refractivity contribution in [1.82, 2.24) is 14.6 Å². The molecule has 1 aliphatic carbocycles. The molecule has 1 atom stereocenters. The summed E-state index contributed by atoms with van der Waals surface area (Å²) in [6.07, 6.45) is 7.16. The summed E-state index contributed by atoms with van der Waals surface area (Å²) < 4.78 is 26.3. The quantitative estimate of drug-likeness (QED) is 0.894. The van der Waals surface area contributed by atoms with E-state index in [1.165, 1.54) is 0 Å². The average molecular weight is 335 g/mol. The number of nitrogens with zero attached hydrogens (tertiary/aromatic N) is 2. The summed E-state index contributed by atoms with van der Waals surface area (Å²) in [6.45, 7) is 1.03. The number of aromatic nitrogens is 1. The van der Waals surface area contributed by atoms with Crippen LogP contribution in [0.15, 0.2) is 24.5 Å². The molecule has 1 aromatic rings. The van der Waals surface area contributed by atoms with Crippen LogP contribution in [0.3, 0.4) is 0 Å². The monoisotopic (exact) mass is 335 g/mol. The molecule has 6 nitrogen and oxygen atoms in total.